The number of ether oxygens (including phenoxy) is 2. The maximum Gasteiger partial charge on any atom is 0.288 e. The van der Waals surface area contributed by atoms with Crippen LogP contribution in [0.25, 0.3) is 0 Å². The van der Waals surface area contributed by atoms with E-state index in [1.54, 1.807) is 0 Å². The Kier molecular flexibility index (Phi) is 5.35. The number of nitrogens with one attached hydrogen (secondary N) is 1. The van der Waals surface area contributed by atoms with Gasteiger partial charge in [0.05, 0.1) is 4.92 Å². The summed E-state index contributed by atoms with van der Waals surface area (Å²) in [7, 11) is 0. The van der Waals surface area contributed by atoms with Gasteiger partial charge in [0.2, 0.25) is 0 Å². The molecule has 1 aliphatic rings. The summed E-state index contributed by atoms with van der Waals surface area (Å²) >= 11 is 5.76. The molecule has 2 rings (SSSR count). The maximum atomic E-state index is 11.7. The zero-order valence-electron chi connectivity index (χ0n) is 11.2. The fourth-order valence-electron chi connectivity index (χ4n) is 1.99. The monoisotopic (exact) mass is 314 g/mol. The quantitative estimate of drug-likeness (QED) is 0.662. The number of hydrogen-bond acceptors (Lipinski definition) is 5. The Morgan fingerprint density at radius 1 is 1.48 bits per heavy atom. The highest BCUT2D eigenvalue weighted by atomic mass is 35.5. The normalized spacial score (nSPS) is 15.5. The molecule has 1 fully saturated rings. The lowest BCUT2D eigenvalue weighted by atomic mass is 10.1. The molecule has 1 aromatic rings. The van der Waals surface area contributed by atoms with Crippen LogP contribution in [0.4, 0.5) is 5.69 Å². The number of hydrogen-bond donors (Lipinski definition) is 1. The van der Waals surface area contributed by atoms with Gasteiger partial charge in [0, 0.05) is 31.4 Å². The van der Waals surface area contributed by atoms with E-state index in [2.05, 4.69) is 5.32 Å². The third-order valence-electron chi connectivity index (χ3n) is 3.07. The highest BCUT2D eigenvalue weighted by Crippen LogP contribution is 2.28. The Balaban J connectivity index is 1.83. The molecule has 114 valence electrons. The average molecular weight is 315 g/mol. The van der Waals surface area contributed by atoms with Crippen LogP contribution in [0, 0.1) is 10.1 Å². The van der Waals surface area contributed by atoms with Gasteiger partial charge in [-0.3, -0.25) is 14.9 Å². The maximum absolute atomic E-state index is 11.7. The Bertz CT molecular complexity index is 531. The van der Waals surface area contributed by atoms with Gasteiger partial charge in [0.25, 0.3) is 11.6 Å². The summed E-state index contributed by atoms with van der Waals surface area (Å²) in [5.74, 6) is 0.0732. The van der Waals surface area contributed by atoms with Crippen LogP contribution in [0.1, 0.15) is 12.8 Å². The summed E-state index contributed by atoms with van der Waals surface area (Å²) in [5, 5.41) is 13.4. The summed E-state index contributed by atoms with van der Waals surface area (Å²) in [6.07, 6.45) is 1.57. The summed E-state index contributed by atoms with van der Waals surface area (Å²) < 4.78 is 10.5. The van der Waals surface area contributed by atoms with Gasteiger partial charge in [-0.15, -0.1) is 0 Å². The van der Waals surface area contributed by atoms with Crippen LogP contribution < -0.4 is 10.1 Å². The lowest BCUT2D eigenvalue weighted by Gasteiger charge is -2.23. The largest absolute Gasteiger partial charge is 0.484 e. The minimum Gasteiger partial charge on any atom is -0.484 e. The number of halogens is 1. The SMILES string of the molecule is O=C(COc1ccc([N+](=O)[O-])c(Cl)c1)NC1CCOCC1. The van der Waals surface area contributed by atoms with Crippen molar-refractivity contribution in [2.24, 2.45) is 0 Å². The van der Waals surface area contributed by atoms with Gasteiger partial charge in [0.15, 0.2) is 6.61 Å². The van der Waals surface area contributed by atoms with Crippen molar-refractivity contribution in [1.29, 1.82) is 0 Å². The van der Waals surface area contributed by atoms with E-state index >= 15 is 0 Å². The van der Waals surface area contributed by atoms with Gasteiger partial charge < -0.3 is 14.8 Å². The first kappa shape index (κ1) is 15.5. The van der Waals surface area contributed by atoms with Crippen molar-refractivity contribution in [3.8, 4) is 5.75 Å². The van der Waals surface area contributed by atoms with Crippen LogP contribution in [0.3, 0.4) is 0 Å². The van der Waals surface area contributed by atoms with Crippen molar-refractivity contribution < 1.29 is 19.2 Å². The minimum absolute atomic E-state index is 0.0256. The zero-order chi connectivity index (χ0) is 15.2. The van der Waals surface area contributed by atoms with E-state index in [1.807, 2.05) is 0 Å². The first-order valence-corrected chi connectivity index (χ1v) is 6.88. The molecule has 0 atom stereocenters. The molecule has 7 nitrogen and oxygen atoms in total. The summed E-state index contributed by atoms with van der Waals surface area (Å²) in [4.78, 5) is 21.8. The van der Waals surface area contributed by atoms with Crippen molar-refractivity contribution in [1.82, 2.24) is 5.32 Å². The third kappa shape index (κ3) is 4.57. The van der Waals surface area contributed by atoms with E-state index in [0.29, 0.717) is 19.0 Å². The average Bonchev–Trinajstić information content (AvgIpc) is 2.46. The molecule has 1 saturated heterocycles. The van der Waals surface area contributed by atoms with Crippen LogP contribution >= 0.6 is 11.6 Å². The zero-order valence-corrected chi connectivity index (χ0v) is 12.0. The predicted molar refractivity (Wildman–Crippen MR) is 75.6 cm³/mol. The van der Waals surface area contributed by atoms with E-state index in [0.717, 1.165) is 12.8 Å². The molecular formula is C13H15ClN2O5. The van der Waals surface area contributed by atoms with Crippen molar-refractivity contribution in [2.75, 3.05) is 19.8 Å². The Morgan fingerprint density at radius 3 is 2.81 bits per heavy atom. The summed E-state index contributed by atoms with van der Waals surface area (Å²) in [5.41, 5.74) is -0.198. The number of nitro groups is 1. The molecule has 0 bridgehead atoms. The Labute approximate surface area is 126 Å². The highest BCUT2D eigenvalue weighted by molar-refractivity contribution is 6.32. The number of nitro benzene ring substituents is 1. The van der Waals surface area contributed by atoms with Gasteiger partial charge in [0.1, 0.15) is 10.8 Å². The standard InChI is InChI=1S/C13H15ClN2O5/c14-11-7-10(1-2-12(11)16(18)19)21-8-13(17)15-9-3-5-20-6-4-9/h1-2,7,9H,3-6,8H2,(H,15,17). The first-order chi connectivity index (χ1) is 10.1. The molecule has 1 amide bonds. The number of benzene rings is 1. The van der Waals surface area contributed by atoms with Gasteiger partial charge >= 0.3 is 0 Å². The first-order valence-electron chi connectivity index (χ1n) is 6.50. The molecule has 1 aromatic carbocycles. The van der Waals surface area contributed by atoms with E-state index in [4.69, 9.17) is 21.1 Å². The Morgan fingerprint density at radius 2 is 2.19 bits per heavy atom. The third-order valence-corrected chi connectivity index (χ3v) is 3.37. The van der Waals surface area contributed by atoms with Crippen molar-refractivity contribution in [2.45, 2.75) is 18.9 Å². The molecule has 1 heterocycles. The molecule has 0 aromatic heterocycles. The number of carbonyl (C=O) groups excluding carboxylic acids is 1. The molecule has 0 radical (unpaired) electrons. The van der Waals surface area contributed by atoms with Crippen molar-refractivity contribution in [3.05, 3.63) is 33.3 Å². The van der Waals surface area contributed by atoms with Crippen LogP contribution in [-0.4, -0.2) is 36.7 Å². The molecular weight excluding hydrogens is 300 g/mol. The molecule has 0 aliphatic carbocycles. The lowest BCUT2D eigenvalue weighted by Crippen LogP contribution is -2.41. The molecule has 1 N–H and O–H groups in total. The van der Waals surface area contributed by atoms with Gasteiger partial charge in [-0.2, -0.15) is 0 Å². The topological polar surface area (TPSA) is 90.7 Å². The van der Waals surface area contributed by atoms with Gasteiger partial charge in [-0.25, -0.2) is 0 Å². The fraction of sp³-hybridized carbons (Fsp3) is 0.462. The smallest absolute Gasteiger partial charge is 0.288 e. The molecule has 0 saturated carbocycles. The number of amides is 1. The second kappa shape index (κ2) is 7.24. The van der Waals surface area contributed by atoms with Crippen molar-refractivity contribution >= 4 is 23.2 Å². The molecule has 0 spiro atoms. The minimum atomic E-state index is -0.579. The molecule has 1 aliphatic heterocycles. The van der Waals surface area contributed by atoms with Crippen molar-refractivity contribution in [3.63, 3.8) is 0 Å². The molecule has 8 heteroatoms. The van der Waals surface area contributed by atoms with Gasteiger partial charge in [-0.05, 0) is 18.9 Å². The van der Waals surface area contributed by atoms with E-state index in [1.165, 1.54) is 18.2 Å². The number of rotatable bonds is 5. The van der Waals surface area contributed by atoms with Crippen LogP contribution in [0.2, 0.25) is 5.02 Å². The van der Waals surface area contributed by atoms with E-state index < -0.39 is 4.92 Å². The van der Waals surface area contributed by atoms with E-state index in [9.17, 15) is 14.9 Å². The predicted octanol–water partition coefficient (Wildman–Crippen LogP) is 1.92. The van der Waals surface area contributed by atoms with Crippen LogP contribution in [0.5, 0.6) is 5.75 Å². The second-order valence-electron chi connectivity index (χ2n) is 4.61. The van der Waals surface area contributed by atoms with Gasteiger partial charge in [-0.1, -0.05) is 11.6 Å². The second-order valence-corrected chi connectivity index (χ2v) is 5.02. The summed E-state index contributed by atoms with van der Waals surface area (Å²) in [6.45, 7) is 1.12. The van der Waals surface area contributed by atoms with Crippen LogP contribution in [-0.2, 0) is 9.53 Å². The summed E-state index contributed by atoms with van der Waals surface area (Å²) in [6, 6.07) is 4.08. The Hall–Kier alpha value is -1.86. The fourth-order valence-corrected chi connectivity index (χ4v) is 2.23. The van der Waals surface area contributed by atoms with Crippen LogP contribution in [0.15, 0.2) is 18.2 Å². The highest BCUT2D eigenvalue weighted by Gasteiger charge is 2.17. The molecule has 21 heavy (non-hydrogen) atoms. The lowest BCUT2D eigenvalue weighted by molar-refractivity contribution is -0.384. The number of carbonyl (C=O) groups is 1. The van der Waals surface area contributed by atoms with E-state index in [-0.39, 0.29) is 29.3 Å². The number of nitrogens with zero attached hydrogens (tertiary/aromatic N) is 1. The molecule has 0 unspecified atom stereocenters.